The molecule has 0 bridgehead atoms. The number of rotatable bonds is 12. The summed E-state index contributed by atoms with van der Waals surface area (Å²) < 4.78 is 0. The number of nitrogens with one attached hydrogen (secondary N) is 3. The van der Waals surface area contributed by atoms with Crippen molar-refractivity contribution in [1.29, 1.82) is 0 Å². The Morgan fingerprint density at radius 3 is 2.39 bits per heavy atom. The highest BCUT2D eigenvalue weighted by Crippen LogP contribution is 2.29. The van der Waals surface area contributed by atoms with Crippen LogP contribution >= 0.6 is 23.4 Å². The van der Waals surface area contributed by atoms with Crippen LogP contribution in [0.25, 0.3) is 0 Å². The SMILES string of the molecule is CCNC(=O)C(=O)C(Cc1ccc(Cl)cc1)NC(=O)C(NC(=O)CCC1CCCS1)C(C)C. The molecule has 0 radical (unpaired) electrons. The van der Waals surface area contributed by atoms with E-state index in [1.165, 1.54) is 6.42 Å². The van der Waals surface area contributed by atoms with Crippen LogP contribution in [0.3, 0.4) is 0 Å². The molecule has 9 heteroatoms. The third-order valence-corrected chi connectivity index (χ3v) is 7.25. The van der Waals surface area contributed by atoms with Gasteiger partial charge in [0.2, 0.25) is 17.6 Å². The lowest BCUT2D eigenvalue weighted by atomic mass is 9.98. The van der Waals surface area contributed by atoms with Gasteiger partial charge in [-0.25, -0.2) is 0 Å². The number of carbonyl (C=O) groups is 4. The van der Waals surface area contributed by atoms with Crippen molar-refractivity contribution in [2.45, 2.75) is 70.2 Å². The van der Waals surface area contributed by atoms with Crippen molar-refractivity contribution < 1.29 is 19.2 Å². The molecule has 1 fully saturated rings. The van der Waals surface area contributed by atoms with E-state index in [9.17, 15) is 19.2 Å². The normalized spacial score (nSPS) is 17.3. The fourth-order valence-electron chi connectivity index (χ4n) is 3.68. The molecule has 0 aliphatic carbocycles. The van der Waals surface area contributed by atoms with Gasteiger partial charge in [-0.1, -0.05) is 37.6 Å². The van der Waals surface area contributed by atoms with Crippen LogP contribution in [0.1, 0.15) is 52.0 Å². The van der Waals surface area contributed by atoms with Gasteiger partial charge in [0.15, 0.2) is 0 Å². The van der Waals surface area contributed by atoms with Gasteiger partial charge in [-0.3, -0.25) is 19.2 Å². The number of amides is 3. The average Bonchev–Trinajstić information content (AvgIpc) is 3.30. The maximum absolute atomic E-state index is 13.1. The number of carbonyl (C=O) groups excluding carboxylic acids is 4. The van der Waals surface area contributed by atoms with Crippen LogP contribution in [0, 0.1) is 5.92 Å². The molecule has 1 heterocycles. The van der Waals surface area contributed by atoms with Crippen LogP contribution in [0.2, 0.25) is 5.02 Å². The van der Waals surface area contributed by atoms with Crippen LogP contribution in [0.4, 0.5) is 0 Å². The first-order valence-corrected chi connectivity index (χ1v) is 12.9. The molecular weight excluding hydrogens is 462 g/mol. The van der Waals surface area contributed by atoms with Crippen LogP contribution < -0.4 is 16.0 Å². The van der Waals surface area contributed by atoms with Crippen molar-refractivity contribution in [2.75, 3.05) is 12.3 Å². The van der Waals surface area contributed by atoms with Crippen molar-refractivity contribution in [3.05, 3.63) is 34.9 Å². The lowest BCUT2D eigenvalue weighted by Crippen LogP contribution is -2.56. The summed E-state index contributed by atoms with van der Waals surface area (Å²) in [6.45, 7) is 5.68. The standard InChI is InChI=1S/C24H34ClN3O4S/c1-4-26-24(32)22(30)19(14-16-7-9-17(25)10-8-16)27-23(31)21(15(2)3)28-20(29)12-11-18-6-5-13-33-18/h7-10,15,18-19,21H,4-6,11-14H2,1-3H3,(H,26,32)(H,27,31)(H,28,29). The number of Topliss-reactive ketones (excluding diaryl/α,β-unsaturated/α-hetero) is 1. The first-order chi connectivity index (χ1) is 15.7. The number of likely N-dealkylation sites (N-methyl/N-ethyl adjacent to an activating group) is 1. The third kappa shape index (κ3) is 9.01. The van der Waals surface area contributed by atoms with E-state index in [1.807, 2.05) is 25.6 Å². The fourth-order valence-corrected chi connectivity index (χ4v) is 5.09. The number of thioether (sulfide) groups is 1. The summed E-state index contributed by atoms with van der Waals surface area (Å²) in [5, 5.41) is 9.06. The van der Waals surface area contributed by atoms with E-state index in [2.05, 4.69) is 16.0 Å². The first-order valence-electron chi connectivity index (χ1n) is 11.5. The number of hydrogen-bond acceptors (Lipinski definition) is 5. The van der Waals surface area contributed by atoms with Gasteiger partial charge in [0, 0.05) is 29.7 Å². The first kappa shape index (κ1) is 27.2. The van der Waals surface area contributed by atoms with E-state index in [-0.39, 0.29) is 18.2 Å². The summed E-state index contributed by atoms with van der Waals surface area (Å²) in [4.78, 5) is 50.6. The van der Waals surface area contributed by atoms with Gasteiger partial charge in [0.1, 0.15) is 12.1 Å². The Morgan fingerprint density at radius 1 is 1.12 bits per heavy atom. The maximum atomic E-state index is 13.1. The van der Waals surface area contributed by atoms with E-state index < -0.39 is 29.7 Å². The van der Waals surface area contributed by atoms with Gasteiger partial charge in [0.25, 0.3) is 5.91 Å². The number of ketones is 1. The Hall–Kier alpha value is -2.06. The van der Waals surface area contributed by atoms with Crippen molar-refractivity contribution in [3.8, 4) is 0 Å². The van der Waals surface area contributed by atoms with Crippen molar-refractivity contribution in [3.63, 3.8) is 0 Å². The van der Waals surface area contributed by atoms with Crippen LogP contribution in [0.15, 0.2) is 24.3 Å². The molecule has 1 aromatic carbocycles. The minimum absolute atomic E-state index is 0.135. The molecule has 182 valence electrons. The number of halogens is 1. The lowest BCUT2D eigenvalue weighted by Gasteiger charge is -2.25. The number of hydrogen-bond donors (Lipinski definition) is 3. The summed E-state index contributed by atoms with van der Waals surface area (Å²) in [6, 6.07) is 5.00. The fraction of sp³-hybridized carbons (Fsp3) is 0.583. The van der Waals surface area contributed by atoms with Gasteiger partial charge in [-0.15, -0.1) is 0 Å². The molecule has 3 atom stereocenters. The molecule has 0 aromatic heterocycles. The Labute approximate surface area is 205 Å². The minimum atomic E-state index is -1.06. The van der Waals surface area contributed by atoms with E-state index in [0.717, 1.165) is 24.2 Å². The maximum Gasteiger partial charge on any atom is 0.289 e. The zero-order valence-electron chi connectivity index (χ0n) is 19.5. The van der Waals surface area contributed by atoms with Crippen molar-refractivity contribution >= 4 is 46.9 Å². The third-order valence-electron chi connectivity index (χ3n) is 5.53. The Bertz CT molecular complexity index is 826. The van der Waals surface area contributed by atoms with Gasteiger partial charge in [-0.05, 0) is 55.6 Å². The van der Waals surface area contributed by atoms with Crippen molar-refractivity contribution in [1.82, 2.24) is 16.0 Å². The van der Waals surface area contributed by atoms with Crippen molar-refractivity contribution in [2.24, 2.45) is 5.92 Å². The molecule has 1 aromatic rings. The highest BCUT2D eigenvalue weighted by molar-refractivity contribution is 8.00. The van der Waals surface area contributed by atoms with E-state index in [0.29, 0.717) is 23.2 Å². The monoisotopic (exact) mass is 495 g/mol. The molecule has 3 N–H and O–H groups in total. The molecule has 1 saturated heterocycles. The Balaban J connectivity index is 2.07. The van der Waals surface area contributed by atoms with Gasteiger partial charge >= 0.3 is 0 Å². The topological polar surface area (TPSA) is 104 Å². The molecule has 0 spiro atoms. The van der Waals surface area contributed by atoms with Crippen LogP contribution in [0.5, 0.6) is 0 Å². The quantitative estimate of drug-likeness (QED) is 0.387. The Morgan fingerprint density at radius 2 is 1.82 bits per heavy atom. The molecule has 3 amide bonds. The van der Waals surface area contributed by atoms with E-state index >= 15 is 0 Å². The van der Waals surface area contributed by atoms with E-state index in [4.69, 9.17) is 11.6 Å². The molecule has 1 aliphatic rings. The van der Waals surface area contributed by atoms with E-state index in [1.54, 1.807) is 31.2 Å². The summed E-state index contributed by atoms with van der Waals surface area (Å²) in [6.07, 6.45) is 3.59. The highest BCUT2D eigenvalue weighted by atomic mass is 35.5. The average molecular weight is 496 g/mol. The largest absolute Gasteiger partial charge is 0.350 e. The predicted molar refractivity (Wildman–Crippen MR) is 132 cm³/mol. The lowest BCUT2D eigenvalue weighted by molar-refractivity contribution is -0.140. The summed E-state index contributed by atoms with van der Waals surface area (Å²) in [7, 11) is 0. The zero-order chi connectivity index (χ0) is 24.4. The van der Waals surface area contributed by atoms with Gasteiger partial charge < -0.3 is 16.0 Å². The molecule has 7 nitrogen and oxygen atoms in total. The highest BCUT2D eigenvalue weighted by Gasteiger charge is 2.31. The molecule has 1 aliphatic heterocycles. The zero-order valence-corrected chi connectivity index (χ0v) is 21.1. The predicted octanol–water partition coefficient (Wildman–Crippen LogP) is 2.89. The van der Waals surface area contributed by atoms with Gasteiger partial charge in [0.05, 0.1) is 0 Å². The minimum Gasteiger partial charge on any atom is -0.350 e. The molecular formula is C24H34ClN3O4S. The summed E-state index contributed by atoms with van der Waals surface area (Å²) in [5.74, 6) is -1.20. The van der Waals surface area contributed by atoms with Crippen LogP contribution in [-0.2, 0) is 25.6 Å². The molecule has 2 rings (SSSR count). The summed E-state index contributed by atoms with van der Waals surface area (Å²) in [5.41, 5.74) is 0.751. The molecule has 33 heavy (non-hydrogen) atoms. The summed E-state index contributed by atoms with van der Waals surface area (Å²) >= 11 is 7.83. The van der Waals surface area contributed by atoms with Crippen LogP contribution in [-0.4, -0.2) is 53.1 Å². The second-order valence-electron chi connectivity index (χ2n) is 8.58. The second-order valence-corrected chi connectivity index (χ2v) is 10.4. The Kier molecular flexibility index (Phi) is 11.2. The molecule has 3 unspecified atom stereocenters. The second kappa shape index (κ2) is 13.6. The number of benzene rings is 1. The van der Waals surface area contributed by atoms with Gasteiger partial charge in [-0.2, -0.15) is 11.8 Å². The molecule has 0 saturated carbocycles. The smallest absolute Gasteiger partial charge is 0.289 e.